The molecule has 2 N–H and O–H groups in total. The maximum atomic E-state index is 6.23. The Labute approximate surface area is 111 Å². The van der Waals surface area contributed by atoms with E-state index in [2.05, 4.69) is 30.5 Å². The molecule has 1 atom stereocenters. The summed E-state index contributed by atoms with van der Waals surface area (Å²) in [5.41, 5.74) is 9.80. The molecule has 0 saturated carbocycles. The van der Waals surface area contributed by atoms with Crippen LogP contribution in [-0.4, -0.2) is 0 Å². The van der Waals surface area contributed by atoms with Crippen molar-refractivity contribution in [2.24, 2.45) is 5.73 Å². The summed E-state index contributed by atoms with van der Waals surface area (Å²) in [7, 11) is 0. The van der Waals surface area contributed by atoms with E-state index in [1.165, 1.54) is 16.0 Å². The van der Waals surface area contributed by atoms with E-state index >= 15 is 0 Å². The van der Waals surface area contributed by atoms with Crippen LogP contribution in [0, 0.1) is 13.8 Å². The summed E-state index contributed by atoms with van der Waals surface area (Å²) >= 11 is 7.94. The summed E-state index contributed by atoms with van der Waals surface area (Å²) in [6, 6.07) is 8.28. The minimum Gasteiger partial charge on any atom is -0.323 e. The van der Waals surface area contributed by atoms with Gasteiger partial charge in [0.05, 0.1) is 0 Å². The molecule has 0 saturated heterocycles. The summed E-state index contributed by atoms with van der Waals surface area (Å²) in [4.78, 5) is 1.25. The van der Waals surface area contributed by atoms with Gasteiger partial charge in [0.1, 0.15) is 0 Å². The highest BCUT2D eigenvalue weighted by atomic mass is 35.5. The molecule has 0 aliphatic heterocycles. The Morgan fingerprint density at radius 2 is 2.06 bits per heavy atom. The van der Waals surface area contributed by atoms with Gasteiger partial charge in [0.15, 0.2) is 0 Å². The minimum absolute atomic E-state index is 0.0372. The highest BCUT2D eigenvalue weighted by Gasteiger charge is 2.12. The highest BCUT2D eigenvalue weighted by molar-refractivity contribution is 7.10. The van der Waals surface area contributed by atoms with Gasteiger partial charge < -0.3 is 5.73 Å². The average molecular weight is 266 g/mol. The number of hydrogen-bond acceptors (Lipinski definition) is 2. The van der Waals surface area contributed by atoms with Crippen molar-refractivity contribution in [3.63, 3.8) is 0 Å². The van der Waals surface area contributed by atoms with Crippen LogP contribution >= 0.6 is 22.9 Å². The quantitative estimate of drug-likeness (QED) is 0.882. The summed E-state index contributed by atoms with van der Waals surface area (Å²) in [6.45, 7) is 4.14. The lowest BCUT2D eigenvalue weighted by Crippen LogP contribution is -2.13. The zero-order valence-electron chi connectivity index (χ0n) is 10.0. The third-order valence-electron chi connectivity index (χ3n) is 2.89. The molecule has 0 radical (unpaired) electrons. The Hall–Kier alpha value is -0.830. The van der Waals surface area contributed by atoms with Crippen LogP contribution in [0.5, 0.6) is 0 Å². The van der Waals surface area contributed by atoms with Crippen molar-refractivity contribution in [3.05, 3.63) is 56.2 Å². The molecule has 3 heteroatoms. The van der Waals surface area contributed by atoms with Gasteiger partial charge >= 0.3 is 0 Å². The Kier molecular flexibility index (Phi) is 3.87. The number of halogens is 1. The second-order valence-corrected chi connectivity index (χ2v) is 5.73. The lowest BCUT2D eigenvalue weighted by atomic mass is 10.0. The average Bonchev–Trinajstić information content (AvgIpc) is 2.68. The first-order valence-corrected chi connectivity index (χ1v) is 6.88. The lowest BCUT2D eigenvalue weighted by Gasteiger charge is -2.12. The van der Waals surface area contributed by atoms with Gasteiger partial charge in [0.2, 0.25) is 0 Å². The Bertz CT molecular complexity index is 519. The van der Waals surface area contributed by atoms with E-state index in [-0.39, 0.29) is 6.04 Å². The van der Waals surface area contributed by atoms with Crippen LogP contribution in [0.1, 0.15) is 27.6 Å². The van der Waals surface area contributed by atoms with Gasteiger partial charge in [-0.3, -0.25) is 0 Å². The molecule has 0 amide bonds. The van der Waals surface area contributed by atoms with E-state index in [1.807, 2.05) is 13.0 Å². The zero-order valence-corrected chi connectivity index (χ0v) is 11.6. The van der Waals surface area contributed by atoms with Gasteiger partial charge in [-0.2, -0.15) is 0 Å². The van der Waals surface area contributed by atoms with E-state index in [1.54, 1.807) is 11.3 Å². The molecular formula is C14H16ClNS. The molecule has 2 rings (SSSR count). The molecule has 0 aliphatic carbocycles. The van der Waals surface area contributed by atoms with Gasteiger partial charge in [-0.05, 0) is 54.5 Å². The predicted molar refractivity (Wildman–Crippen MR) is 75.9 cm³/mol. The smallest absolute Gasteiger partial charge is 0.0441 e. The monoisotopic (exact) mass is 265 g/mol. The molecule has 90 valence electrons. The number of benzene rings is 1. The van der Waals surface area contributed by atoms with E-state index in [4.69, 9.17) is 17.3 Å². The number of rotatable bonds is 3. The molecule has 1 aromatic heterocycles. The normalized spacial score (nSPS) is 12.7. The zero-order chi connectivity index (χ0) is 12.4. The first kappa shape index (κ1) is 12.6. The Morgan fingerprint density at radius 1 is 1.29 bits per heavy atom. The van der Waals surface area contributed by atoms with Gasteiger partial charge in [-0.1, -0.05) is 23.7 Å². The Morgan fingerprint density at radius 3 is 2.65 bits per heavy atom. The van der Waals surface area contributed by atoms with Crippen molar-refractivity contribution in [1.29, 1.82) is 0 Å². The van der Waals surface area contributed by atoms with Gasteiger partial charge in [0.25, 0.3) is 0 Å². The maximum Gasteiger partial charge on any atom is 0.0441 e. The van der Waals surface area contributed by atoms with E-state index < -0.39 is 0 Å². The fourth-order valence-corrected chi connectivity index (χ4v) is 3.15. The first-order chi connectivity index (χ1) is 8.08. The van der Waals surface area contributed by atoms with Gasteiger partial charge in [-0.15, -0.1) is 11.3 Å². The standard InChI is InChI=1S/C14H16ClNS/c1-9-3-4-11(12(15)7-9)8-13(16)14-10(2)5-6-17-14/h3-7,13H,8,16H2,1-2H3. The highest BCUT2D eigenvalue weighted by Crippen LogP contribution is 2.27. The van der Waals surface area contributed by atoms with Crippen LogP contribution in [0.4, 0.5) is 0 Å². The number of hydrogen-bond donors (Lipinski definition) is 1. The summed E-state index contributed by atoms with van der Waals surface area (Å²) in [5.74, 6) is 0. The number of aryl methyl sites for hydroxylation is 2. The first-order valence-electron chi connectivity index (χ1n) is 5.62. The minimum atomic E-state index is 0.0372. The van der Waals surface area contributed by atoms with Crippen LogP contribution < -0.4 is 5.73 Å². The molecule has 0 aliphatic rings. The fraction of sp³-hybridized carbons (Fsp3) is 0.286. The number of thiophene rings is 1. The molecular weight excluding hydrogens is 250 g/mol. The Balaban J connectivity index is 2.19. The fourth-order valence-electron chi connectivity index (χ4n) is 1.91. The second kappa shape index (κ2) is 5.21. The van der Waals surface area contributed by atoms with Crippen LogP contribution in [0.2, 0.25) is 5.02 Å². The van der Waals surface area contributed by atoms with Crippen LogP contribution in [0.25, 0.3) is 0 Å². The summed E-state index contributed by atoms with van der Waals surface area (Å²) < 4.78 is 0. The van der Waals surface area contributed by atoms with Crippen molar-refractivity contribution in [3.8, 4) is 0 Å². The molecule has 0 fully saturated rings. The van der Waals surface area contributed by atoms with Crippen LogP contribution in [-0.2, 0) is 6.42 Å². The number of nitrogens with two attached hydrogens (primary N) is 1. The molecule has 1 nitrogen and oxygen atoms in total. The van der Waals surface area contributed by atoms with E-state index in [0.717, 1.165) is 17.0 Å². The van der Waals surface area contributed by atoms with Gasteiger partial charge in [0, 0.05) is 15.9 Å². The topological polar surface area (TPSA) is 26.0 Å². The van der Waals surface area contributed by atoms with Gasteiger partial charge in [-0.25, -0.2) is 0 Å². The van der Waals surface area contributed by atoms with Crippen molar-refractivity contribution >= 4 is 22.9 Å². The van der Waals surface area contributed by atoms with Crippen molar-refractivity contribution in [1.82, 2.24) is 0 Å². The van der Waals surface area contributed by atoms with Crippen molar-refractivity contribution in [2.45, 2.75) is 26.3 Å². The van der Waals surface area contributed by atoms with Crippen LogP contribution in [0.15, 0.2) is 29.6 Å². The molecule has 0 bridgehead atoms. The molecule has 1 aromatic carbocycles. The third kappa shape index (κ3) is 2.89. The molecule has 1 unspecified atom stereocenters. The second-order valence-electron chi connectivity index (χ2n) is 4.37. The lowest BCUT2D eigenvalue weighted by molar-refractivity contribution is 0.732. The third-order valence-corrected chi connectivity index (χ3v) is 4.39. The summed E-state index contributed by atoms with van der Waals surface area (Å²) in [5, 5.41) is 2.90. The largest absolute Gasteiger partial charge is 0.323 e. The molecule has 2 aromatic rings. The summed E-state index contributed by atoms with van der Waals surface area (Å²) in [6.07, 6.45) is 0.792. The molecule has 17 heavy (non-hydrogen) atoms. The predicted octanol–water partition coefficient (Wildman–Crippen LogP) is 4.26. The van der Waals surface area contributed by atoms with Crippen LogP contribution in [0.3, 0.4) is 0 Å². The van der Waals surface area contributed by atoms with Crippen molar-refractivity contribution in [2.75, 3.05) is 0 Å². The van der Waals surface area contributed by atoms with E-state index in [9.17, 15) is 0 Å². The maximum absolute atomic E-state index is 6.23. The SMILES string of the molecule is Cc1ccc(CC(N)c2sccc2C)c(Cl)c1. The van der Waals surface area contributed by atoms with E-state index in [0.29, 0.717) is 0 Å². The van der Waals surface area contributed by atoms with Crippen molar-refractivity contribution < 1.29 is 0 Å². The molecule has 0 spiro atoms. The molecule has 1 heterocycles.